The molecule has 7 rings (SSSR count). The van der Waals surface area contributed by atoms with Crippen LogP contribution in [0.3, 0.4) is 0 Å². The predicted molar refractivity (Wildman–Crippen MR) is 271 cm³/mol. The number of nitrogens with zero attached hydrogens (tertiary/aromatic N) is 4. The smallest absolute Gasteiger partial charge is 0.135 e. The van der Waals surface area contributed by atoms with Gasteiger partial charge in [0.05, 0.1) is 6.67 Å². The first-order valence-corrected chi connectivity index (χ1v) is 23.0. The number of anilines is 2. The Kier molecular flexibility index (Phi) is 13.7. The molecule has 0 spiro atoms. The first-order valence-electron chi connectivity index (χ1n) is 22.1. The van der Waals surface area contributed by atoms with Crippen molar-refractivity contribution in [3.63, 3.8) is 0 Å². The van der Waals surface area contributed by atoms with Crippen LogP contribution in [0.1, 0.15) is 152 Å². The van der Waals surface area contributed by atoms with Crippen molar-refractivity contribution >= 4 is 44.9 Å². The molecule has 1 aliphatic rings. The molecule has 4 nitrogen and oxygen atoms in total. The Morgan fingerprint density at radius 2 is 1.06 bits per heavy atom. The average Bonchev–Trinajstić information content (AvgIpc) is 3.73. The maximum absolute atomic E-state index is 5.00. The Morgan fingerprint density at radius 1 is 0.524 bits per heavy atom. The van der Waals surface area contributed by atoms with Crippen molar-refractivity contribution in [2.45, 2.75) is 161 Å². The topological polar surface area (TPSA) is 24.3 Å². The van der Waals surface area contributed by atoms with Crippen LogP contribution in [0.2, 0.25) is 0 Å². The summed E-state index contributed by atoms with van der Waals surface area (Å²) in [7, 11) is 0. The first-order chi connectivity index (χ1) is 28.0. The molecule has 0 radical (unpaired) electrons. The van der Waals surface area contributed by atoms with Crippen LogP contribution in [-0.4, -0.2) is 16.2 Å². The molecule has 0 saturated heterocycles. The van der Waals surface area contributed by atoms with Gasteiger partial charge in [0.15, 0.2) is 0 Å². The van der Waals surface area contributed by atoms with E-state index in [4.69, 9.17) is 4.98 Å². The van der Waals surface area contributed by atoms with Crippen molar-refractivity contribution in [1.29, 1.82) is 0 Å². The summed E-state index contributed by atoms with van der Waals surface area (Å²) in [5.74, 6) is 0.920. The van der Waals surface area contributed by atoms with Gasteiger partial charge in [0.1, 0.15) is 5.82 Å². The van der Waals surface area contributed by atoms with Crippen LogP contribution in [0.15, 0.2) is 101 Å². The molecule has 4 aromatic carbocycles. The van der Waals surface area contributed by atoms with E-state index in [1.54, 1.807) is 11.8 Å². The molecule has 340 valence electrons. The van der Waals surface area contributed by atoms with E-state index in [1.165, 1.54) is 50.0 Å². The van der Waals surface area contributed by atoms with Crippen molar-refractivity contribution in [2.24, 2.45) is 5.41 Å². The fourth-order valence-electron chi connectivity index (χ4n) is 8.06. The van der Waals surface area contributed by atoms with Gasteiger partial charge >= 0.3 is 0 Å². The summed E-state index contributed by atoms with van der Waals surface area (Å²) < 4.78 is 2.33. The van der Waals surface area contributed by atoms with E-state index in [-0.39, 0.29) is 61.0 Å². The fraction of sp³-hybridized carbons (Fsp3) is 0.439. The van der Waals surface area contributed by atoms with Gasteiger partial charge in [-0.25, -0.2) is 4.98 Å². The molecule has 0 aliphatic carbocycles. The summed E-state index contributed by atoms with van der Waals surface area (Å²) in [5, 5.41) is 2.39. The van der Waals surface area contributed by atoms with Crippen LogP contribution in [0, 0.1) is 25.0 Å². The van der Waals surface area contributed by atoms with E-state index in [1.807, 2.05) is 6.20 Å². The first kappa shape index (κ1) is 50.2. The Morgan fingerprint density at radius 3 is 1.62 bits per heavy atom. The molecule has 0 bridgehead atoms. The van der Waals surface area contributed by atoms with Crippen LogP contribution in [-0.2, 0) is 48.1 Å². The summed E-state index contributed by atoms with van der Waals surface area (Å²) in [6.45, 7) is 42.2. The van der Waals surface area contributed by atoms with Crippen molar-refractivity contribution in [2.75, 3.05) is 16.5 Å². The van der Waals surface area contributed by atoms with Crippen LogP contribution < -0.4 is 9.80 Å². The summed E-state index contributed by atoms with van der Waals surface area (Å²) >= 11 is 1.74. The van der Waals surface area contributed by atoms with Gasteiger partial charge in [-0.1, -0.05) is 154 Å². The standard InChI is InChI=1S/C56H70N4S.CH3.Pt/c1-51(2,3)36-19-21-45-46-22-20-43(33-48(46)60(47(45)30-36)50-31-37(23-24-57-50)52(4,5)6)61-44-29-40(55(13,14)15)28-42(32-44)59-35-58(34-49(59)56(16,17)18)41-26-38(53(7,8)9)25-39(27-41)54(10,11)12;;/h19-31,34H,35H2,1-18H3;1H3;/q-2;-1;. The molecular weight excluding hydrogens is 968 g/mol. The zero-order valence-corrected chi connectivity index (χ0v) is 44.9. The Hall–Kier alpha value is -3.79. The monoisotopic (exact) mass is 1040 g/mol. The third-order valence-electron chi connectivity index (χ3n) is 12.2. The molecule has 6 heteroatoms. The van der Waals surface area contributed by atoms with Crippen LogP contribution >= 0.6 is 11.8 Å². The number of aromatic nitrogens is 2. The van der Waals surface area contributed by atoms with Crippen molar-refractivity contribution in [3.8, 4) is 5.82 Å². The van der Waals surface area contributed by atoms with Gasteiger partial charge in [-0.2, -0.15) is 18.2 Å². The molecule has 0 N–H and O–H groups in total. The quantitative estimate of drug-likeness (QED) is 0.161. The van der Waals surface area contributed by atoms with Crippen LogP contribution in [0.4, 0.5) is 11.4 Å². The zero-order chi connectivity index (χ0) is 44.8. The Labute approximate surface area is 400 Å². The van der Waals surface area contributed by atoms with Gasteiger partial charge in [0.2, 0.25) is 0 Å². The maximum atomic E-state index is 5.00. The molecule has 0 fully saturated rings. The zero-order valence-electron chi connectivity index (χ0n) is 41.8. The number of pyridine rings is 1. The van der Waals surface area contributed by atoms with Crippen molar-refractivity contribution in [1.82, 2.24) is 9.55 Å². The molecule has 2 aromatic heterocycles. The van der Waals surface area contributed by atoms with E-state index in [0.29, 0.717) is 6.67 Å². The predicted octanol–water partition coefficient (Wildman–Crippen LogP) is 16.0. The van der Waals surface area contributed by atoms with Gasteiger partial charge < -0.3 is 21.8 Å². The SMILES string of the molecule is CC(C)(C)C1=CN(c2cc(C(C)(C)C)cc(C(C)(C)C)c2)CN1c1[c-]c(Sc2[c-]c3c(cc2)c2ccc(C(C)(C)C)cc2n3-c2cc(C(C)(C)C)ccn2)cc(C(C)(C)C)c1.[CH3-].[Pt]. The molecule has 3 heterocycles. The summed E-state index contributed by atoms with van der Waals surface area (Å²) in [5.41, 5.74) is 12.3. The van der Waals surface area contributed by atoms with Crippen molar-refractivity contribution in [3.05, 3.63) is 138 Å². The van der Waals surface area contributed by atoms with Crippen LogP contribution in [0.5, 0.6) is 0 Å². The van der Waals surface area contributed by atoms with E-state index >= 15 is 0 Å². The molecule has 0 saturated carbocycles. The minimum atomic E-state index is -0.0977. The summed E-state index contributed by atoms with van der Waals surface area (Å²) in [4.78, 5) is 12.1. The van der Waals surface area contributed by atoms with Gasteiger partial charge in [0.25, 0.3) is 0 Å². The maximum Gasteiger partial charge on any atom is 0.135 e. The van der Waals surface area contributed by atoms with Crippen LogP contribution in [0.25, 0.3) is 27.6 Å². The molecule has 63 heavy (non-hydrogen) atoms. The molecule has 1 aliphatic heterocycles. The number of rotatable bonds is 5. The summed E-state index contributed by atoms with van der Waals surface area (Å²) in [6, 6.07) is 35.6. The molecule has 0 unspecified atom stereocenters. The number of hydrogen-bond donors (Lipinski definition) is 0. The van der Waals surface area contributed by atoms with Gasteiger partial charge in [0, 0.05) is 55.8 Å². The van der Waals surface area contributed by atoms with E-state index < -0.39 is 0 Å². The normalized spacial score (nSPS) is 14.3. The second-order valence-corrected chi connectivity index (χ2v) is 24.7. The molecular formula is C57H73N4PtS-3. The minimum absolute atomic E-state index is 0. The average molecular weight is 1040 g/mol. The van der Waals surface area contributed by atoms with E-state index in [9.17, 15) is 0 Å². The third kappa shape index (κ3) is 10.5. The van der Waals surface area contributed by atoms with Gasteiger partial charge in [-0.3, -0.25) is 0 Å². The van der Waals surface area contributed by atoms with Crippen molar-refractivity contribution < 1.29 is 21.1 Å². The minimum Gasteiger partial charge on any atom is -0.358 e. The fourth-order valence-corrected chi connectivity index (χ4v) is 8.93. The van der Waals surface area contributed by atoms with Gasteiger partial charge in [-0.05, 0) is 85.0 Å². The molecule has 6 aromatic rings. The number of allylic oxidation sites excluding steroid dienone is 1. The largest absolute Gasteiger partial charge is 0.358 e. The van der Waals surface area contributed by atoms with E-state index in [0.717, 1.165) is 32.3 Å². The van der Waals surface area contributed by atoms with Gasteiger partial charge in [-0.15, -0.1) is 50.7 Å². The Balaban J connectivity index is 0.00000374. The Bertz CT molecular complexity index is 2630. The number of hydrogen-bond acceptors (Lipinski definition) is 4. The molecule has 0 amide bonds. The molecule has 0 atom stereocenters. The van der Waals surface area contributed by atoms with E-state index in [2.05, 4.69) is 230 Å². The number of benzene rings is 4. The second kappa shape index (κ2) is 17.2. The second-order valence-electron chi connectivity index (χ2n) is 23.6. The number of fused-ring (bicyclic) bond motifs is 3. The summed E-state index contributed by atoms with van der Waals surface area (Å²) in [6.07, 6.45) is 4.34. The third-order valence-corrected chi connectivity index (χ3v) is 13.1.